The van der Waals surface area contributed by atoms with Crippen molar-refractivity contribution in [3.8, 4) is 0 Å². The lowest BCUT2D eigenvalue weighted by atomic mass is 10.1. The summed E-state index contributed by atoms with van der Waals surface area (Å²) in [5.74, 6) is 1.65. The molecule has 0 aromatic carbocycles. The average Bonchev–Trinajstić information content (AvgIpc) is 3.01. The summed E-state index contributed by atoms with van der Waals surface area (Å²) in [5, 5.41) is 3.03. The lowest BCUT2D eigenvalue weighted by Crippen LogP contribution is -2.35. The molecule has 0 saturated carbocycles. The first kappa shape index (κ1) is 15.1. The van der Waals surface area contributed by atoms with Crippen molar-refractivity contribution < 1.29 is 9.21 Å². The molecule has 0 atom stereocenters. The average molecular weight is 319 g/mol. The molecule has 3 heterocycles. The first-order chi connectivity index (χ1) is 10.6. The predicted octanol–water partition coefficient (Wildman–Crippen LogP) is 3.01. The lowest BCUT2D eigenvalue weighted by molar-refractivity contribution is 0.0764. The molecule has 1 amide bonds. The van der Waals surface area contributed by atoms with Gasteiger partial charge in [0.15, 0.2) is 5.13 Å². The SMILES string of the molecule is Cc1oc(C)c(C(=O)N2CCCN(c3nccs3)CC2)c1C. The van der Waals surface area contributed by atoms with Gasteiger partial charge in [-0.15, -0.1) is 11.3 Å². The summed E-state index contributed by atoms with van der Waals surface area (Å²) in [7, 11) is 0. The highest BCUT2D eigenvalue weighted by Gasteiger charge is 2.26. The van der Waals surface area contributed by atoms with Crippen LogP contribution in [0.5, 0.6) is 0 Å². The Hall–Kier alpha value is -1.82. The van der Waals surface area contributed by atoms with Crippen LogP contribution >= 0.6 is 11.3 Å². The third-order valence-electron chi connectivity index (χ3n) is 4.25. The van der Waals surface area contributed by atoms with E-state index in [4.69, 9.17) is 4.42 Å². The minimum Gasteiger partial charge on any atom is -0.466 e. The maximum atomic E-state index is 12.8. The molecule has 0 aliphatic carbocycles. The molecule has 1 fully saturated rings. The molecular weight excluding hydrogens is 298 g/mol. The summed E-state index contributed by atoms with van der Waals surface area (Å²) in [6, 6.07) is 0. The molecule has 1 saturated heterocycles. The van der Waals surface area contributed by atoms with Crippen LogP contribution in [-0.2, 0) is 0 Å². The fraction of sp³-hybridized carbons (Fsp3) is 0.500. The summed E-state index contributed by atoms with van der Waals surface area (Å²) in [6.07, 6.45) is 2.79. The standard InChI is InChI=1S/C16H21N3O2S/c1-11-12(2)21-13(3)14(11)15(20)18-6-4-7-19(9-8-18)16-17-5-10-22-16/h5,10H,4,6-9H2,1-3H3. The second-order valence-corrected chi connectivity index (χ2v) is 6.53. The second-order valence-electron chi connectivity index (χ2n) is 5.66. The minimum atomic E-state index is 0.0906. The molecule has 0 bridgehead atoms. The first-order valence-electron chi connectivity index (χ1n) is 7.58. The van der Waals surface area contributed by atoms with Crippen molar-refractivity contribution in [1.29, 1.82) is 0 Å². The van der Waals surface area contributed by atoms with E-state index >= 15 is 0 Å². The highest BCUT2D eigenvalue weighted by molar-refractivity contribution is 7.13. The summed E-state index contributed by atoms with van der Waals surface area (Å²) < 4.78 is 5.60. The molecular formula is C16H21N3O2S. The molecule has 1 aliphatic rings. The third-order valence-corrected chi connectivity index (χ3v) is 5.08. The number of aromatic nitrogens is 1. The minimum absolute atomic E-state index is 0.0906. The number of rotatable bonds is 2. The number of hydrogen-bond donors (Lipinski definition) is 0. The molecule has 0 radical (unpaired) electrons. The van der Waals surface area contributed by atoms with Gasteiger partial charge in [-0.3, -0.25) is 4.79 Å². The number of furan rings is 1. The van der Waals surface area contributed by atoms with Crippen LogP contribution < -0.4 is 4.90 Å². The number of nitrogens with zero attached hydrogens (tertiary/aromatic N) is 3. The van der Waals surface area contributed by atoms with Crippen molar-refractivity contribution in [2.45, 2.75) is 27.2 Å². The zero-order valence-corrected chi connectivity index (χ0v) is 14.1. The summed E-state index contributed by atoms with van der Waals surface area (Å²) in [5.41, 5.74) is 1.70. The molecule has 2 aromatic heterocycles. The number of amides is 1. The molecule has 1 aliphatic heterocycles. The van der Waals surface area contributed by atoms with Crippen LogP contribution in [0, 0.1) is 20.8 Å². The Morgan fingerprint density at radius 1 is 1.18 bits per heavy atom. The van der Waals surface area contributed by atoms with Gasteiger partial charge >= 0.3 is 0 Å². The normalized spacial score (nSPS) is 16.0. The Kier molecular flexibility index (Phi) is 4.20. The molecule has 2 aromatic rings. The molecule has 5 nitrogen and oxygen atoms in total. The van der Waals surface area contributed by atoms with Crippen LogP contribution in [0.4, 0.5) is 5.13 Å². The Morgan fingerprint density at radius 2 is 2.00 bits per heavy atom. The zero-order chi connectivity index (χ0) is 15.7. The van der Waals surface area contributed by atoms with E-state index in [2.05, 4.69) is 9.88 Å². The topological polar surface area (TPSA) is 49.6 Å². The van der Waals surface area contributed by atoms with Gasteiger partial charge in [0.1, 0.15) is 11.5 Å². The fourth-order valence-corrected chi connectivity index (χ4v) is 3.65. The van der Waals surface area contributed by atoms with Crippen molar-refractivity contribution >= 4 is 22.4 Å². The summed E-state index contributed by atoms with van der Waals surface area (Å²) in [4.78, 5) is 21.4. The van der Waals surface area contributed by atoms with Gasteiger partial charge in [0.05, 0.1) is 5.56 Å². The van der Waals surface area contributed by atoms with Crippen LogP contribution in [0.2, 0.25) is 0 Å². The largest absolute Gasteiger partial charge is 0.466 e. The highest BCUT2D eigenvalue weighted by Crippen LogP contribution is 2.24. The van der Waals surface area contributed by atoms with Crippen molar-refractivity contribution in [2.24, 2.45) is 0 Å². The maximum Gasteiger partial charge on any atom is 0.257 e. The molecule has 0 N–H and O–H groups in total. The van der Waals surface area contributed by atoms with Gasteiger partial charge in [0.2, 0.25) is 0 Å². The Balaban J connectivity index is 1.74. The van der Waals surface area contributed by atoms with E-state index in [0.717, 1.165) is 60.4 Å². The quantitative estimate of drug-likeness (QED) is 0.854. The van der Waals surface area contributed by atoms with Crippen molar-refractivity contribution in [3.05, 3.63) is 34.2 Å². The molecule has 22 heavy (non-hydrogen) atoms. The van der Waals surface area contributed by atoms with E-state index in [1.54, 1.807) is 11.3 Å². The van der Waals surface area contributed by atoms with Crippen LogP contribution in [0.15, 0.2) is 16.0 Å². The monoisotopic (exact) mass is 319 g/mol. The predicted molar refractivity (Wildman–Crippen MR) is 87.8 cm³/mol. The van der Waals surface area contributed by atoms with Gasteiger partial charge in [-0.05, 0) is 27.2 Å². The van der Waals surface area contributed by atoms with Crippen LogP contribution in [-0.4, -0.2) is 42.0 Å². The summed E-state index contributed by atoms with van der Waals surface area (Å²) in [6.45, 7) is 9.01. The first-order valence-corrected chi connectivity index (χ1v) is 8.46. The molecule has 6 heteroatoms. The van der Waals surface area contributed by atoms with E-state index in [-0.39, 0.29) is 5.91 Å². The Bertz CT molecular complexity index is 663. The number of carbonyl (C=O) groups is 1. The maximum absolute atomic E-state index is 12.8. The van der Waals surface area contributed by atoms with Crippen LogP contribution in [0.1, 0.15) is 33.9 Å². The fourth-order valence-electron chi connectivity index (χ4n) is 2.95. The van der Waals surface area contributed by atoms with Gasteiger partial charge in [-0.2, -0.15) is 0 Å². The number of aryl methyl sites for hydroxylation is 2. The van der Waals surface area contributed by atoms with Crippen molar-refractivity contribution in [1.82, 2.24) is 9.88 Å². The van der Waals surface area contributed by atoms with Gasteiger partial charge in [0.25, 0.3) is 5.91 Å². The third kappa shape index (κ3) is 2.75. The Morgan fingerprint density at radius 3 is 2.64 bits per heavy atom. The number of anilines is 1. The van der Waals surface area contributed by atoms with Crippen LogP contribution in [0.25, 0.3) is 0 Å². The van der Waals surface area contributed by atoms with E-state index in [0.29, 0.717) is 0 Å². The van der Waals surface area contributed by atoms with E-state index in [1.807, 2.05) is 37.2 Å². The Labute approximate surface area is 134 Å². The summed E-state index contributed by atoms with van der Waals surface area (Å²) >= 11 is 1.65. The molecule has 0 spiro atoms. The lowest BCUT2D eigenvalue weighted by Gasteiger charge is -2.21. The van der Waals surface area contributed by atoms with Gasteiger partial charge in [-0.25, -0.2) is 4.98 Å². The number of carbonyl (C=O) groups excluding carboxylic acids is 1. The number of hydrogen-bond acceptors (Lipinski definition) is 5. The van der Waals surface area contributed by atoms with E-state index < -0.39 is 0 Å². The number of thiazole rings is 1. The van der Waals surface area contributed by atoms with Crippen molar-refractivity contribution in [2.75, 3.05) is 31.1 Å². The van der Waals surface area contributed by atoms with Gasteiger partial charge in [0, 0.05) is 43.3 Å². The van der Waals surface area contributed by atoms with E-state index in [9.17, 15) is 4.79 Å². The highest BCUT2D eigenvalue weighted by atomic mass is 32.1. The zero-order valence-electron chi connectivity index (χ0n) is 13.3. The van der Waals surface area contributed by atoms with Gasteiger partial charge < -0.3 is 14.2 Å². The molecule has 118 valence electrons. The van der Waals surface area contributed by atoms with E-state index in [1.165, 1.54) is 0 Å². The molecule has 3 rings (SSSR count). The van der Waals surface area contributed by atoms with Crippen LogP contribution in [0.3, 0.4) is 0 Å². The molecule has 0 unspecified atom stereocenters. The van der Waals surface area contributed by atoms with Gasteiger partial charge in [-0.1, -0.05) is 0 Å². The smallest absolute Gasteiger partial charge is 0.257 e. The van der Waals surface area contributed by atoms with Crippen molar-refractivity contribution in [3.63, 3.8) is 0 Å². The second kappa shape index (κ2) is 6.12.